The number of amidine groups is 1. The van der Waals surface area contributed by atoms with Gasteiger partial charge in [0.1, 0.15) is 19.8 Å². The molecule has 9 nitrogen and oxygen atoms in total. The van der Waals surface area contributed by atoms with E-state index in [0.29, 0.717) is 31.0 Å². The summed E-state index contributed by atoms with van der Waals surface area (Å²) in [6.07, 6.45) is 3.84. The van der Waals surface area contributed by atoms with E-state index in [4.69, 9.17) is 9.47 Å². The van der Waals surface area contributed by atoms with Crippen molar-refractivity contribution in [3.8, 4) is 0 Å². The van der Waals surface area contributed by atoms with Crippen LogP contribution < -0.4 is 0 Å². The number of carbonyl (C=O) groups is 1. The lowest BCUT2D eigenvalue weighted by Crippen LogP contribution is -2.47. The van der Waals surface area contributed by atoms with Gasteiger partial charge >= 0.3 is 6.09 Å². The average molecular weight is 313 g/mol. The van der Waals surface area contributed by atoms with Crippen LogP contribution in [0.1, 0.15) is 25.7 Å². The molecule has 1 aliphatic heterocycles. The highest BCUT2D eigenvalue weighted by atomic mass is 17.0. The Balaban J connectivity index is 1.62. The Labute approximate surface area is 127 Å². The molecule has 0 radical (unpaired) electrons. The lowest BCUT2D eigenvalue weighted by Gasteiger charge is -2.30. The minimum absolute atomic E-state index is 0.0702. The first-order valence-corrected chi connectivity index (χ1v) is 7.57. The number of ether oxygens (including phenoxy) is 2. The lowest BCUT2D eigenvalue weighted by molar-refractivity contribution is -0.757. The van der Waals surface area contributed by atoms with Gasteiger partial charge in [0.2, 0.25) is 0 Å². The van der Waals surface area contributed by atoms with Crippen LogP contribution in [0.2, 0.25) is 0 Å². The largest absolute Gasteiger partial charge is 0.463 e. The molecule has 0 spiro atoms. The van der Waals surface area contributed by atoms with Gasteiger partial charge in [-0.05, 0) is 37.5 Å². The first kappa shape index (κ1) is 14.9. The number of aliphatic imine (C=N–C) groups is 1. The first-order chi connectivity index (χ1) is 10.7. The van der Waals surface area contributed by atoms with E-state index in [-0.39, 0.29) is 19.3 Å². The molecule has 0 atom stereocenters. The van der Waals surface area contributed by atoms with E-state index in [0.717, 1.165) is 25.7 Å². The van der Waals surface area contributed by atoms with Crippen LogP contribution in [0.3, 0.4) is 0 Å². The molecule has 22 heavy (non-hydrogen) atoms. The molecule has 0 saturated heterocycles. The zero-order valence-electron chi connectivity index (χ0n) is 12.2. The van der Waals surface area contributed by atoms with Gasteiger partial charge in [-0.15, -0.1) is 10.1 Å². The minimum Gasteiger partial charge on any atom is -0.463 e. The van der Waals surface area contributed by atoms with Gasteiger partial charge in [0, 0.05) is 0 Å². The Morgan fingerprint density at radius 1 is 1.36 bits per heavy atom. The summed E-state index contributed by atoms with van der Waals surface area (Å²) >= 11 is 0. The zero-order chi connectivity index (χ0) is 15.5. The van der Waals surface area contributed by atoms with Crippen molar-refractivity contribution in [1.29, 1.82) is 0 Å². The number of carbonyl (C=O) groups excluding carboxylic acids is 1. The van der Waals surface area contributed by atoms with Crippen LogP contribution in [0.15, 0.2) is 4.99 Å². The first-order valence-electron chi connectivity index (χ1n) is 7.57. The Morgan fingerprint density at radius 2 is 2.05 bits per heavy atom. The molecule has 0 aromatic rings. The van der Waals surface area contributed by atoms with Gasteiger partial charge in [-0.3, -0.25) is 0 Å². The van der Waals surface area contributed by atoms with E-state index >= 15 is 0 Å². The fraction of sp³-hybridized carbons (Fsp3) is 0.846. The van der Waals surface area contributed by atoms with Crippen molar-refractivity contribution in [3.05, 3.63) is 10.1 Å². The standard InChI is InChI=1S/C13H19N3O6/c17-13(21-7-8-22-16(18)19)15(12-14-5-6-20-12)11(9-1-2-9)10-3-4-10/h9-11H,1-8H2. The highest BCUT2D eigenvalue weighted by Crippen LogP contribution is 2.47. The lowest BCUT2D eigenvalue weighted by atomic mass is 10.1. The highest BCUT2D eigenvalue weighted by Gasteiger charge is 2.49. The number of rotatable bonds is 7. The predicted octanol–water partition coefficient (Wildman–Crippen LogP) is 1.21. The van der Waals surface area contributed by atoms with Gasteiger partial charge in [-0.2, -0.15) is 0 Å². The van der Waals surface area contributed by atoms with Crippen LogP contribution in [-0.2, 0) is 14.3 Å². The maximum absolute atomic E-state index is 12.4. The van der Waals surface area contributed by atoms with Crippen LogP contribution in [0.4, 0.5) is 4.79 Å². The molecule has 0 unspecified atom stereocenters. The Hall–Kier alpha value is -2.06. The minimum atomic E-state index is -0.910. The SMILES string of the molecule is O=C(OCCO[N+](=O)[O-])N(C1=NCCO1)C(C1CC1)C1CC1. The van der Waals surface area contributed by atoms with Crippen LogP contribution in [0.5, 0.6) is 0 Å². The summed E-state index contributed by atoms with van der Waals surface area (Å²) < 4.78 is 10.6. The molecular weight excluding hydrogens is 294 g/mol. The van der Waals surface area contributed by atoms with Crippen molar-refractivity contribution < 1.29 is 24.2 Å². The number of hydrogen-bond acceptors (Lipinski definition) is 7. The third kappa shape index (κ3) is 3.58. The van der Waals surface area contributed by atoms with E-state index in [1.165, 1.54) is 4.90 Å². The van der Waals surface area contributed by atoms with E-state index in [2.05, 4.69) is 9.83 Å². The van der Waals surface area contributed by atoms with Crippen LogP contribution in [-0.4, -0.2) is 54.5 Å². The quantitative estimate of drug-likeness (QED) is 0.397. The van der Waals surface area contributed by atoms with Crippen LogP contribution >= 0.6 is 0 Å². The van der Waals surface area contributed by atoms with E-state index in [1.807, 2.05) is 0 Å². The average Bonchev–Trinajstić information content (AvgIpc) is 3.42. The van der Waals surface area contributed by atoms with Gasteiger partial charge < -0.3 is 14.3 Å². The van der Waals surface area contributed by atoms with Crippen LogP contribution in [0.25, 0.3) is 0 Å². The van der Waals surface area contributed by atoms with Crippen molar-refractivity contribution in [2.24, 2.45) is 16.8 Å². The molecule has 122 valence electrons. The van der Waals surface area contributed by atoms with E-state index in [1.54, 1.807) is 0 Å². The fourth-order valence-electron chi connectivity index (χ4n) is 2.79. The Morgan fingerprint density at radius 3 is 2.55 bits per heavy atom. The van der Waals surface area contributed by atoms with E-state index < -0.39 is 11.2 Å². The summed E-state index contributed by atoms with van der Waals surface area (Å²) in [6.45, 7) is 0.542. The fourth-order valence-corrected chi connectivity index (χ4v) is 2.79. The summed E-state index contributed by atoms with van der Waals surface area (Å²) in [5.41, 5.74) is 0. The highest BCUT2D eigenvalue weighted by molar-refractivity contribution is 5.92. The van der Waals surface area contributed by atoms with Crippen molar-refractivity contribution in [3.63, 3.8) is 0 Å². The molecule has 9 heteroatoms. The summed E-state index contributed by atoms with van der Waals surface area (Å²) in [6, 6.07) is 0.393. The van der Waals surface area contributed by atoms with Gasteiger partial charge in [-0.25, -0.2) is 14.7 Å². The van der Waals surface area contributed by atoms with Gasteiger partial charge in [0.15, 0.2) is 0 Å². The molecule has 3 rings (SSSR count). The molecule has 0 aromatic carbocycles. The molecule has 0 N–H and O–H groups in total. The van der Waals surface area contributed by atoms with Crippen LogP contribution in [0, 0.1) is 22.0 Å². The summed E-state index contributed by atoms with van der Waals surface area (Å²) in [5.74, 6) is 0.948. The molecule has 2 aliphatic carbocycles. The molecule has 1 heterocycles. The molecule has 2 fully saturated rings. The Bertz CT molecular complexity index is 462. The topological polar surface area (TPSA) is 104 Å². The van der Waals surface area contributed by atoms with E-state index in [9.17, 15) is 14.9 Å². The molecule has 2 saturated carbocycles. The molecule has 3 aliphatic rings. The number of nitrogens with zero attached hydrogens (tertiary/aromatic N) is 3. The summed E-state index contributed by atoms with van der Waals surface area (Å²) in [4.78, 5) is 32.4. The second-order valence-corrected chi connectivity index (χ2v) is 5.72. The monoisotopic (exact) mass is 313 g/mol. The number of amides is 1. The van der Waals surface area contributed by atoms with Gasteiger partial charge in [0.05, 0.1) is 12.6 Å². The normalized spacial score (nSPS) is 20.3. The second kappa shape index (κ2) is 6.37. The molecule has 1 amide bonds. The van der Waals surface area contributed by atoms with Gasteiger partial charge in [-0.1, -0.05) is 0 Å². The number of hydrogen-bond donors (Lipinski definition) is 0. The van der Waals surface area contributed by atoms with Crippen molar-refractivity contribution in [2.75, 3.05) is 26.4 Å². The zero-order valence-corrected chi connectivity index (χ0v) is 12.2. The summed E-state index contributed by atoms with van der Waals surface area (Å²) in [5, 5.41) is 9.17. The maximum Gasteiger partial charge on any atom is 0.418 e. The third-order valence-corrected chi connectivity index (χ3v) is 3.99. The predicted molar refractivity (Wildman–Crippen MR) is 73.6 cm³/mol. The molecule has 0 aromatic heterocycles. The maximum atomic E-state index is 12.4. The third-order valence-electron chi connectivity index (χ3n) is 3.99. The second-order valence-electron chi connectivity index (χ2n) is 5.72. The van der Waals surface area contributed by atoms with Crippen molar-refractivity contribution in [2.45, 2.75) is 31.7 Å². The Kier molecular flexibility index (Phi) is 4.30. The molecular formula is C13H19N3O6. The van der Waals surface area contributed by atoms with Gasteiger partial charge in [0.25, 0.3) is 11.1 Å². The smallest absolute Gasteiger partial charge is 0.418 e. The summed E-state index contributed by atoms with van der Waals surface area (Å²) in [7, 11) is 0. The molecule has 0 bridgehead atoms. The van der Waals surface area contributed by atoms with Crippen molar-refractivity contribution >= 4 is 12.1 Å². The van der Waals surface area contributed by atoms with Crippen molar-refractivity contribution in [1.82, 2.24) is 4.90 Å².